The van der Waals surface area contributed by atoms with E-state index in [4.69, 9.17) is 15.2 Å². The van der Waals surface area contributed by atoms with Gasteiger partial charge in [0, 0.05) is 37.5 Å². The Morgan fingerprint density at radius 1 is 1.22 bits per heavy atom. The number of carbonyl (C=O) groups excluding carboxylic acids is 1. The van der Waals surface area contributed by atoms with Gasteiger partial charge in [-0.3, -0.25) is 4.79 Å². The van der Waals surface area contributed by atoms with E-state index in [0.717, 1.165) is 81.8 Å². The first-order valence-corrected chi connectivity index (χ1v) is 13.3. The fourth-order valence-electron chi connectivity index (χ4n) is 5.92. The third-order valence-corrected chi connectivity index (χ3v) is 8.29. The Bertz CT molecular complexity index is 1110. The number of anilines is 4. The van der Waals surface area contributed by atoms with Crippen LogP contribution in [0.3, 0.4) is 0 Å². The lowest BCUT2D eigenvalue weighted by atomic mass is 9.80. The Balaban J connectivity index is 1.31. The summed E-state index contributed by atoms with van der Waals surface area (Å²) < 4.78 is 11.9. The lowest BCUT2D eigenvalue weighted by Crippen LogP contribution is -2.47. The molecule has 2 aromatic rings. The molecule has 37 heavy (non-hydrogen) atoms. The predicted octanol–water partition coefficient (Wildman–Crippen LogP) is 3.44. The number of piperidine rings is 1. The molecule has 1 amide bonds. The van der Waals surface area contributed by atoms with Crippen LogP contribution in [-0.2, 0) is 4.74 Å². The second-order valence-electron chi connectivity index (χ2n) is 10.6. The highest BCUT2D eigenvalue weighted by Crippen LogP contribution is 2.43. The highest BCUT2D eigenvalue weighted by Gasteiger charge is 2.44. The molecule has 1 aromatic heterocycles. The Labute approximate surface area is 217 Å². The number of hydrogen-bond donors (Lipinski definition) is 4. The van der Waals surface area contributed by atoms with E-state index in [1.165, 1.54) is 6.20 Å². The Kier molecular flexibility index (Phi) is 7.39. The number of benzene rings is 1. The summed E-state index contributed by atoms with van der Waals surface area (Å²) in [5, 5.41) is 16.4. The fraction of sp³-hybridized carbons (Fsp3) is 0.593. The van der Waals surface area contributed by atoms with E-state index >= 15 is 0 Å². The van der Waals surface area contributed by atoms with Gasteiger partial charge in [0.1, 0.15) is 11.6 Å². The van der Waals surface area contributed by atoms with Crippen molar-refractivity contribution in [3.05, 3.63) is 30.1 Å². The minimum absolute atomic E-state index is 0.0194. The van der Waals surface area contributed by atoms with E-state index in [1.54, 1.807) is 7.11 Å². The number of hydrogen-bond acceptors (Lipinski definition) is 9. The van der Waals surface area contributed by atoms with Gasteiger partial charge in [-0.15, -0.1) is 0 Å². The van der Waals surface area contributed by atoms with Crippen LogP contribution in [0.2, 0.25) is 0 Å². The maximum atomic E-state index is 12.1. The number of nitrogens with one attached hydrogen (secondary N) is 2. The van der Waals surface area contributed by atoms with Gasteiger partial charge in [0.2, 0.25) is 0 Å². The number of aromatic nitrogens is 2. The number of methoxy groups -OCH3 is 1. The summed E-state index contributed by atoms with van der Waals surface area (Å²) in [4.78, 5) is 23.3. The first kappa shape index (κ1) is 25.5. The summed E-state index contributed by atoms with van der Waals surface area (Å²) in [6, 6.07) is 6.09. The van der Waals surface area contributed by atoms with Crippen LogP contribution in [0.4, 0.5) is 23.0 Å². The van der Waals surface area contributed by atoms with Gasteiger partial charge in [-0.25, -0.2) is 9.97 Å². The standard InChI is InChI=1S/C27H38N6O4/c1-17-9-14-37-27(17)10-12-33(13-11-27)21-8-5-19(15-22(21)36-2)31-26-24(25(28)35)29-16-23(32-26)30-18-3-6-20(34)7-4-18/h5,8,15-18,20,34H,3-4,6-7,9-14H2,1-2H3,(H2,28,35)(H2,30,31,32)/t17?,18-,20-. The molecule has 5 N–H and O–H groups in total. The number of aliphatic hydroxyl groups is 1. The number of aliphatic hydroxyl groups excluding tert-OH is 1. The molecular weight excluding hydrogens is 472 g/mol. The highest BCUT2D eigenvalue weighted by atomic mass is 16.5. The zero-order valence-electron chi connectivity index (χ0n) is 21.7. The molecular formula is C27H38N6O4. The normalized spacial score (nSPS) is 25.2. The molecule has 1 atom stereocenters. The van der Waals surface area contributed by atoms with Crippen molar-refractivity contribution in [1.29, 1.82) is 0 Å². The monoisotopic (exact) mass is 510 g/mol. The van der Waals surface area contributed by atoms with E-state index in [9.17, 15) is 9.90 Å². The SMILES string of the molecule is COc1cc(Nc2nc(N[C@H]3CC[C@H](O)CC3)cnc2C(N)=O)ccc1N1CCC2(CC1)OCCC2C. The van der Waals surface area contributed by atoms with Crippen molar-refractivity contribution in [1.82, 2.24) is 9.97 Å². The van der Waals surface area contributed by atoms with Crippen LogP contribution in [-0.4, -0.2) is 65.5 Å². The van der Waals surface area contributed by atoms with E-state index in [-0.39, 0.29) is 29.3 Å². The van der Waals surface area contributed by atoms with Crippen molar-refractivity contribution < 1.29 is 19.4 Å². The summed E-state index contributed by atoms with van der Waals surface area (Å²) in [6.45, 7) is 4.99. The van der Waals surface area contributed by atoms with Crippen molar-refractivity contribution >= 4 is 28.9 Å². The van der Waals surface area contributed by atoms with Gasteiger partial charge in [0.05, 0.1) is 30.7 Å². The van der Waals surface area contributed by atoms with Crippen LogP contribution >= 0.6 is 0 Å². The molecule has 2 aliphatic heterocycles. The fourth-order valence-corrected chi connectivity index (χ4v) is 5.92. The van der Waals surface area contributed by atoms with Crippen LogP contribution in [0.25, 0.3) is 0 Å². The molecule has 3 heterocycles. The van der Waals surface area contributed by atoms with Gasteiger partial charge in [0.15, 0.2) is 11.5 Å². The van der Waals surface area contributed by atoms with Crippen molar-refractivity contribution in [3.63, 3.8) is 0 Å². The van der Waals surface area contributed by atoms with Crippen LogP contribution in [0.5, 0.6) is 5.75 Å². The van der Waals surface area contributed by atoms with E-state index < -0.39 is 5.91 Å². The average molecular weight is 511 g/mol. The topological polar surface area (TPSA) is 135 Å². The molecule has 5 rings (SSSR count). The number of amides is 1. The molecule has 1 aliphatic carbocycles. The largest absolute Gasteiger partial charge is 0.495 e. The maximum Gasteiger partial charge on any atom is 0.271 e. The van der Waals surface area contributed by atoms with E-state index in [0.29, 0.717) is 11.7 Å². The molecule has 0 radical (unpaired) electrons. The minimum atomic E-state index is -0.656. The van der Waals surface area contributed by atoms with Gasteiger partial charge in [-0.2, -0.15) is 0 Å². The molecule has 1 saturated carbocycles. The lowest BCUT2D eigenvalue weighted by molar-refractivity contribution is -0.0364. The summed E-state index contributed by atoms with van der Waals surface area (Å²) in [5.41, 5.74) is 7.42. The van der Waals surface area contributed by atoms with E-state index in [1.807, 2.05) is 18.2 Å². The average Bonchev–Trinajstić information content (AvgIpc) is 3.25. The quantitative estimate of drug-likeness (QED) is 0.442. The number of rotatable bonds is 7. The second-order valence-corrected chi connectivity index (χ2v) is 10.6. The van der Waals surface area contributed by atoms with Gasteiger partial charge in [0.25, 0.3) is 5.91 Å². The number of nitrogens with zero attached hydrogens (tertiary/aromatic N) is 3. The highest BCUT2D eigenvalue weighted by molar-refractivity contribution is 5.96. The Morgan fingerprint density at radius 2 is 1.97 bits per heavy atom. The first-order chi connectivity index (χ1) is 17.9. The van der Waals surface area contributed by atoms with Crippen molar-refractivity contribution in [2.45, 2.75) is 69.6 Å². The second kappa shape index (κ2) is 10.7. The Morgan fingerprint density at radius 3 is 2.62 bits per heavy atom. The lowest BCUT2D eigenvalue weighted by Gasteiger charge is -2.42. The Hall–Kier alpha value is -3.11. The third-order valence-electron chi connectivity index (χ3n) is 8.29. The van der Waals surface area contributed by atoms with Crippen LogP contribution in [0.1, 0.15) is 62.4 Å². The molecule has 10 heteroatoms. The summed E-state index contributed by atoms with van der Waals surface area (Å²) in [6.07, 6.45) is 7.66. The van der Waals surface area contributed by atoms with Gasteiger partial charge >= 0.3 is 0 Å². The molecule has 3 aliphatic rings. The van der Waals surface area contributed by atoms with Gasteiger partial charge in [-0.05, 0) is 63.0 Å². The van der Waals surface area contributed by atoms with E-state index in [2.05, 4.69) is 32.4 Å². The molecule has 10 nitrogen and oxygen atoms in total. The summed E-state index contributed by atoms with van der Waals surface area (Å²) in [7, 11) is 1.66. The van der Waals surface area contributed by atoms with Gasteiger partial charge < -0.3 is 35.8 Å². The molecule has 1 unspecified atom stereocenters. The van der Waals surface area contributed by atoms with Crippen LogP contribution in [0.15, 0.2) is 24.4 Å². The van der Waals surface area contributed by atoms with Gasteiger partial charge in [-0.1, -0.05) is 6.92 Å². The zero-order chi connectivity index (χ0) is 26.0. The maximum absolute atomic E-state index is 12.1. The molecule has 200 valence electrons. The molecule has 0 bridgehead atoms. The predicted molar refractivity (Wildman–Crippen MR) is 143 cm³/mol. The van der Waals surface area contributed by atoms with Crippen molar-refractivity contribution in [2.24, 2.45) is 11.7 Å². The first-order valence-electron chi connectivity index (χ1n) is 13.3. The molecule has 1 aromatic carbocycles. The number of nitrogens with two attached hydrogens (primary N) is 1. The summed E-state index contributed by atoms with van der Waals surface area (Å²) >= 11 is 0. The number of carbonyl (C=O) groups is 1. The van der Waals surface area contributed by atoms with Crippen molar-refractivity contribution in [2.75, 3.05) is 42.3 Å². The molecule has 3 fully saturated rings. The number of ether oxygens (including phenoxy) is 2. The van der Waals surface area contributed by atoms with Crippen LogP contribution in [0, 0.1) is 5.92 Å². The minimum Gasteiger partial charge on any atom is -0.495 e. The third kappa shape index (κ3) is 5.45. The zero-order valence-corrected chi connectivity index (χ0v) is 21.7. The smallest absolute Gasteiger partial charge is 0.271 e. The molecule has 2 saturated heterocycles. The van der Waals surface area contributed by atoms with Crippen molar-refractivity contribution in [3.8, 4) is 5.75 Å². The molecule has 1 spiro atoms. The van der Waals surface area contributed by atoms with Crippen LogP contribution < -0.4 is 26.0 Å². The summed E-state index contributed by atoms with van der Waals surface area (Å²) in [5.74, 6) is 1.53. The number of primary amides is 1.